The molecule has 0 saturated carbocycles. The number of carbonyl (C=O) groups is 6. The molecule has 1 saturated heterocycles. The van der Waals surface area contributed by atoms with Crippen LogP contribution in [0.5, 0.6) is 0 Å². The van der Waals surface area contributed by atoms with Crippen LogP contribution in [0.4, 0.5) is 5.69 Å². The number of aliphatic hydroxyl groups is 4. The molecule has 1 aliphatic heterocycles. The van der Waals surface area contributed by atoms with Gasteiger partial charge < -0.3 is 66.1 Å². The molecule has 1 aliphatic rings. The van der Waals surface area contributed by atoms with Crippen LogP contribution in [0.25, 0.3) is 0 Å². The summed E-state index contributed by atoms with van der Waals surface area (Å²) in [6, 6.07) is 3.71. The summed E-state index contributed by atoms with van der Waals surface area (Å²) in [7, 11) is 0. The minimum atomic E-state index is -1.37. The van der Waals surface area contributed by atoms with E-state index >= 15 is 0 Å². The molecule has 2 rings (SSSR count). The molecule has 1 fully saturated rings. The molecular weight excluding hydrogens is 824 g/mol. The third-order valence-electron chi connectivity index (χ3n) is 7.51. The largest absolute Gasteiger partial charge is 3.00 e. The topological polar surface area (TPSA) is 302 Å². The van der Waals surface area contributed by atoms with E-state index in [-0.39, 0.29) is 129 Å². The summed E-state index contributed by atoms with van der Waals surface area (Å²) in [5.74, 6) is -6.21. The summed E-state index contributed by atoms with van der Waals surface area (Å²) in [5, 5.41) is 78.8. The molecule has 1 heterocycles. The number of hydrogen-bond donors (Lipinski definition) is 7. The summed E-state index contributed by atoms with van der Waals surface area (Å²) in [6.07, 6.45) is -2.51. The number of nitrogens with one attached hydrogen (secondary N) is 3. The number of amides is 3. The molecule has 285 valence electrons. The maximum absolute atomic E-state index is 13.3. The zero-order valence-electron chi connectivity index (χ0n) is 27.8. The smallest absolute Gasteiger partial charge is 0.549 e. The van der Waals surface area contributed by atoms with Crippen molar-refractivity contribution in [2.45, 2.75) is 12.2 Å². The van der Waals surface area contributed by atoms with Gasteiger partial charge in [0.1, 0.15) is 0 Å². The number of aliphatic hydroxyl groups excluding tert-OH is 4. The first-order valence-electron chi connectivity index (χ1n) is 15.8. The summed E-state index contributed by atoms with van der Waals surface area (Å²) in [6.45, 7) is -2.61. The number of carbonyl (C=O) groups excluding carboxylic acids is 6. The van der Waals surface area contributed by atoms with Crippen LogP contribution in [0, 0.1) is 39.9 Å². The predicted octanol–water partition coefficient (Wildman–Crippen LogP) is -8.74. The van der Waals surface area contributed by atoms with Gasteiger partial charge in [0.25, 0.3) is 11.8 Å². The molecule has 2 atom stereocenters. The van der Waals surface area contributed by atoms with Crippen LogP contribution < -0.4 is 31.3 Å². The third kappa shape index (κ3) is 18.9. The van der Waals surface area contributed by atoms with E-state index in [9.17, 15) is 54.3 Å². The van der Waals surface area contributed by atoms with Crippen molar-refractivity contribution in [3.05, 3.63) is 29.3 Å². The number of aliphatic carboxylic acids is 3. The standard InChI is InChI=1S/C30H47N7O13.Gd/c38-18-23(40)12-31-29(49)20-9-21(30(50)32-13-24(41)19-39)11-22(10-20)33-25(42)14-34-1-3-35(15-26(43)44)5-7-37(17-28(47)48)8-6-36(4-2-34)16-27(45)46;/h9-11,23-24,38-41H,1-8,12-19H2,(H,31,49)(H,32,50)(H,33,42)(H,43,44)(H,45,46)(H,47,48);/q;+3/p-3. The van der Waals surface area contributed by atoms with E-state index in [1.54, 1.807) is 4.90 Å². The summed E-state index contributed by atoms with van der Waals surface area (Å²) in [5.41, 5.74) is -0.191. The van der Waals surface area contributed by atoms with Crippen LogP contribution >= 0.6 is 0 Å². The number of rotatable bonds is 17. The van der Waals surface area contributed by atoms with Crippen LogP contribution in [0.3, 0.4) is 0 Å². The van der Waals surface area contributed by atoms with Crippen molar-refractivity contribution in [1.82, 2.24) is 30.2 Å². The van der Waals surface area contributed by atoms with Gasteiger partial charge in [-0.15, -0.1) is 0 Å². The number of benzene rings is 1. The Morgan fingerprint density at radius 1 is 0.588 bits per heavy atom. The van der Waals surface area contributed by atoms with Gasteiger partial charge in [0, 0.05) is 102 Å². The van der Waals surface area contributed by atoms with Crippen molar-refractivity contribution in [3.63, 3.8) is 0 Å². The fourth-order valence-electron chi connectivity index (χ4n) is 4.88. The van der Waals surface area contributed by atoms with Gasteiger partial charge >= 0.3 is 39.9 Å². The number of carboxylic acids is 3. The van der Waals surface area contributed by atoms with E-state index in [1.807, 2.05) is 0 Å². The maximum Gasteiger partial charge on any atom is 3.00 e. The molecule has 51 heavy (non-hydrogen) atoms. The number of carboxylic acid groups (broad SMARTS) is 3. The second-order valence-electron chi connectivity index (χ2n) is 11.7. The van der Waals surface area contributed by atoms with Crippen LogP contribution in [0.1, 0.15) is 20.7 Å². The first-order valence-corrected chi connectivity index (χ1v) is 15.8. The average Bonchev–Trinajstić information content (AvgIpc) is 3.05. The molecule has 1 radical (unpaired) electrons. The molecule has 20 nitrogen and oxygen atoms in total. The molecule has 0 aliphatic carbocycles. The van der Waals surface area contributed by atoms with Gasteiger partial charge in [-0.3, -0.25) is 34.0 Å². The molecule has 0 bridgehead atoms. The quantitative estimate of drug-likeness (QED) is 0.0765. The monoisotopic (exact) mass is 868 g/mol. The van der Waals surface area contributed by atoms with Gasteiger partial charge in [-0.2, -0.15) is 0 Å². The molecule has 21 heteroatoms. The Kier molecular flexibility index (Phi) is 22.0. The van der Waals surface area contributed by atoms with Crippen molar-refractivity contribution in [2.24, 2.45) is 0 Å². The molecule has 1 aromatic rings. The predicted molar refractivity (Wildman–Crippen MR) is 167 cm³/mol. The molecule has 2 unspecified atom stereocenters. The van der Waals surface area contributed by atoms with Crippen molar-refractivity contribution < 1.29 is 104 Å². The number of nitrogens with zero attached hydrogens (tertiary/aromatic N) is 4. The van der Waals surface area contributed by atoms with Gasteiger partial charge in [0.15, 0.2) is 0 Å². The van der Waals surface area contributed by atoms with Crippen LogP contribution in [0.15, 0.2) is 18.2 Å². The Morgan fingerprint density at radius 3 is 1.20 bits per heavy atom. The van der Waals surface area contributed by atoms with Gasteiger partial charge in [-0.05, 0) is 18.2 Å². The van der Waals surface area contributed by atoms with E-state index in [1.165, 1.54) is 32.9 Å². The van der Waals surface area contributed by atoms with Crippen molar-refractivity contribution >= 4 is 41.3 Å². The van der Waals surface area contributed by atoms with Gasteiger partial charge in [0.05, 0.1) is 49.9 Å². The van der Waals surface area contributed by atoms with Crippen molar-refractivity contribution in [3.8, 4) is 0 Å². The first-order chi connectivity index (χ1) is 23.7. The minimum Gasteiger partial charge on any atom is -0.549 e. The fraction of sp³-hybridized carbons (Fsp3) is 0.600. The van der Waals surface area contributed by atoms with Gasteiger partial charge in [-0.25, -0.2) is 0 Å². The van der Waals surface area contributed by atoms with E-state index < -0.39 is 80.7 Å². The SMILES string of the molecule is O=C([O-])CN1CCN(CC(=O)[O-])CCN(CC(=O)Nc2cc(C(=O)NCC(O)CO)cc(C(=O)NCC(O)CO)c2)CCN(CC(=O)[O-])CC1.[Gd+3]. The number of hydrogen-bond acceptors (Lipinski definition) is 17. The summed E-state index contributed by atoms with van der Waals surface area (Å²) in [4.78, 5) is 79.2. The Labute approximate surface area is 326 Å². The second kappa shape index (κ2) is 24.3. The minimum absolute atomic E-state index is 0. The van der Waals surface area contributed by atoms with Crippen LogP contribution in [-0.2, 0) is 19.2 Å². The first kappa shape index (κ1) is 46.1. The Hall–Kier alpha value is -2.96. The Balaban J connectivity index is 0.0000130. The molecule has 0 spiro atoms. The van der Waals surface area contributed by atoms with E-state index in [4.69, 9.17) is 10.2 Å². The zero-order chi connectivity index (χ0) is 37.2. The molecule has 0 aromatic heterocycles. The zero-order valence-corrected chi connectivity index (χ0v) is 30.1. The van der Waals surface area contributed by atoms with Crippen LogP contribution in [0.2, 0.25) is 0 Å². The van der Waals surface area contributed by atoms with Crippen molar-refractivity contribution in [2.75, 3.05) is 110 Å². The second-order valence-corrected chi connectivity index (χ2v) is 11.7. The Bertz CT molecular complexity index is 1250. The van der Waals surface area contributed by atoms with E-state index in [0.717, 1.165) is 0 Å². The summed E-state index contributed by atoms with van der Waals surface area (Å²) >= 11 is 0. The molecule has 3 amide bonds. The molecule has 1 aromatic carbocycles. The normalized spacial score (nSPS) is 16.7. The summed E-state index contributed by atoms with van der Waals surface area (Å²) < 4.78 is 0. The van der Waals surface area contributed by atoms with Crippen molar-refractivity contribution in [1.29, 1.82) is 0 Å². The fourth-order valence-corrected chi connectivity index (χ4v) is 4.88. The molecular formula is C30H44GdN7O13. The van der Waals surface area contributed by atoms with Crippen LogP contribution in [-0.4, -0.2) is 193 Å². The third-order valence-corrected chi connectivity index (χ3v) is 7.51. The van der Waals surface area contributed by atoms with Gasteiger partial charge in [0.2, 0.25) is 5.91 Å². The Morgan fingerprint density at radius 2 is 0.902 bits per heavy atom. The van der Waals surface area contributed by atoms with E-state index in [0.29, 0.717) is 0 Å². The maximum atomic E-state index is 13.3. The average molecular weight is 868 g/mol. The van der Waals surface area contributed by atoms with E-state index in [2.05, 4.69) is 16.0 Å². The molecule has 7 N–H and O–H groups in total. The van der Waals surface area contributed by atoms with Gasteiger partial charge in [-0.1, -0.05) is 0 Å². The number of anilines is 1.